The van der Waals surface area contributed by atoms with E-state index in [9.17, 15) is 31.5 Å². The number of aliphatic carboxylic acids is 1. The summed E-state index contributed by atoms with van der Waals surface area (Å²) in [7, 11) is -2.93. The Balaban J connectivity index is 2.37. The lowest BCUT2D eigenvalue weighted by atomic mass is 10.2. The molecular formula is C15H18F3NO5S. The van der Waals surface area contributed by atoms with Crippen molar-refractivity contribution >= 4 is 15.8 Å². The highest BCUT2D eigenvalue weighted by Crippen LogP contribution is 2.37. The van der Waals surface area contributed by atoms with Crippen LogP contribution in [0.1, 0.15) is 12.0 Å². The first-order valence-electron chi connectivity index (χ1n) is 7.45. The van der Waals surface area contributed by atoms with Crippen LogP contribution < -0.4 is 0 Å². The van der Waals surface area contributed by atoms with Crippen molar-refractivity contribution in [1.29, 1.82) is 0 Å². The van der Waals surface area contributed by atoms with Gasteiger partial charge in [-0.15, -0.1) is 0 Å². The average molecular weight is 381 g/mol. The molecule has 1 aliphatic rings. The summed E-state index contributed by atoms with van der Waals surface area (Å²) < 4.78 is 69.7. The molecule has 2 rings (SSSR count). The van der Waals surface area contributed by atoms with Crippen LogP contribution in [0.15, 0.2) is 29.2 Å². The number of carbonyl (C=O) groups is 1. The number of sulfone groups is 1. The fourth-order valence-electron chi connectivity index (χ4n) is 2.93. The molecule has 0 radical (unpaired) electrons. The first-order chi connectivity index (χ1) is 11.6. The summed E-state index contributed by atoms with van der Waals surface area (Å²) in [6, 6.07) is 2.87. The van der Waals surface area contributed by atoms with Crippen LogP contribution in [0.4, 0.5) is 13.2 Å². The van der Waals surface area contributed by atoms with Crippen LogP contribution in [0.25, 0.3) is 0 Å². The van der Waals surface area contributed by atoms with E-state index in [0.717, 1.165) is 12.1 Å². The minimum Gasteiger partial charge on any atom is -0.480 e. The topological polar surface area (TPSA) is 83.9 Å². The Morgan fingerprint density at radius 1 is 1.36 bits per heavy atom. The highest BCUT2D eigenvalue weighted by atomic mass is 32.2. The highest BCUT2D eigenvalue weighted by molar-refractivity contribution is 7.92. The molecule has 1 N–H and O–H groups in total. The van der Waals surface area contributed by atoms with Crippen molar-refractivity contribution in [3.05, 3.63) is 29.8 Å². The first-order valence-corrected chi connectivity index (χ1v) is 8.99. The zero-order valence-electron chi connectivity index (χ0n) is 13.4. The third-order valence-electron chi connectivity index (χ3n) is 4.17. The van der Waals surface area contributed by atoms with Crippen LogP contribution in [0.2, 0.25) is 0 Å². The van der Waals surface area contributed by atoms with E-state index in [4.69, 9.17) is 4.74 Å². The van der Waals surface area contributed by atoms with Crippen LogP contribution in [0.3, 0.4) is 0 Å². The Morgan fingerprint density at radius 3 is 2.56 bits per heavy atom. The lowest BCUT2D eigenvalue weighted by molar-refractivity contribution is -0.142. The fourth-order valence-corrected chi connectivity index (χ4v) is 4.87. The van der Waals surface area contributed by atoms with Gasteiger partial charge in [-0.05, 0) is 18.6 Å². The molecule has 2 atom stereocenters. The van der Waals surface area contributed by atoms with Crippen molar-refractivity contribution < 1.29 is 36.2 Å². The normalized spacial score (nSPS) is 22.2. The molecule has 1 heterocycles. The zero-order chi connectivity index (χ0) is 18.8. The lowest BCUT2D eigenvalue weighted by Gasteiger charge is -2.20. The standard InChI is InChI=1S/C15H18F3NO5S/c1-24-7-6-19-9-10(8-12(19)14(20)21)25(22,23)13-5-3-2-4-11(13)15(16,17)18/h2-5,10,12H,6-9H2,1H3,(H,20,21). The summed E-state index contributed by atoms with van der Waals surface area (Å²) >= 11 is 0. The van der Waals surface area contributed by atoms with E-state index in [2.05, 4.69) is 0 Å². The molecule has 1 saturated heterocycles. The number of rotatable bonds is 6. The molecule has 1 aromatic carbocycles. The molecule has 0 amide bonds. The molecule has 1 fully saturated rings. The Bertz CT molecular complexity index is 735. The third-order valence-corrected chi connectivity index (χ3v) is 6.36. The van der Waals surface area contributed by atoms with E-state index in [-0.39, 0.29) is 26.1 Å². The summed E-state index contributed by atoms with van der Waals surface area (Å²) in [5, 5.41) is 8.04. The van der Waals surface area contributed by atoms with Crippen molar-refractivity contribution in [3.63, 3.8) is 0 Å². The van der Waals surface area contributed by atoms with Crippen LogP contribution in [0.5, 0.6) is 0 Å². The van der Waals surface area contributed by atoms with Gasteiger partial charge in [-0.25, -0.2) is 8.42 Å². The van der Waals surface area contributed by atoms with Gasteiger partial charge in [0.25, 0.3) is 0 Å². The zero-order valence-corrected chi connectivity index (χ0v) is 14.2. The maximum atomic E-state index is 13.1. The number of halogens is 3. The number of hydrogen-bond acceptors (Lipinski definition) is 5. The van der Waals surface area contributed by atoms with Gasteiger partial charge >= 0.3 is 12.1 Å². The molecular weight excluding hydrogens is 363 g/mol. The largest absolute Gasteiger partial charge is 0.480 e. The van der Waals surface area contributed by atoms with E-state index < -0.39 is 43.7 Å². The Morgan fingerprint density at radius 2 is 2.00 bits per heavy atom. The smallest absolute Gasteiger partial charge is 0.417 e. The van der Waals surface area contributed by atoms with Crippen molar-refractivity contribution in [2.24, 2.45) is 0 Å². The van der Waals surface area contributed by atoms with Gasteiger partial charge < -0.3 is 9.84 Å². The molecule has 10 heteroatoms. The molecule has 0 aromatic heterocycles. The molecule has 2 unspecified atom stereocenters. The fraction of sp³-hybridized carbons (Fsp3) is 0.533. The molecule has 1 aliphatic heterocycles. The number of carboxylic acids is 1. The first kappa shape index (κ1) is 19.7. The van der Waals surface area contributed by atoms with E-state index in [1.165, 1.54) is 18.1 Å². The molecule has 1 aromatic rings. The van der Waals surface area contributed by atoms with Gasteiger partial charge in [-0.3, -0.25) is 9.69 Å². The lowest BCUT2D eigenvalue weighted by Crippen LogP contribution is -2.38. The van der Waals surface area contributed by atoms with Crippen LogP contribution in [-0.2, 0) is 25.5 Å². The Kier molecular flexibility index (Phi) is 5.75. The van der Waals surface area contributed by atoms with Gasteiger partial charge in [-0.1, -0.05) is 12.1 Å². The van der Waals surface area contributed by atoms with E-state index >= 15 is 0 Å². The van der Waals surface area contributed by atoms with Gasteiger partial charge in [0.2, 0.25) is 0 Å². The molecule has 140 valence electrons. The Hall–Kier alpha value is -1.65. The minimum absolute atomic E-state index is 0.158. The molecule has 6 nitrogen and oxygen atoms in total. The predicted molar refractivity (Wildman–Crippen MR) is 81.9 cm³/mol. The van der Waals surface area contributed by atoms with Gasteiger partial charge in [0, 0.05) is 20.2 Å². The van der Waals surface area contributed by atoms with E-state index in [1.54, 1.807) is 0 Å². The monoisotopic (exact) mass is 381 g/mol. The molecule has 0 aliphatic carbocycles. The number of benzene rings is 1. The van der Waals surface area contributed by atoms with Gasteiger partial charge in [0.1, 0.15) is 6.04 Å². The van der Waals surface area contributed by atoms with Crippen molar-refractivity contribution in [1.82, 2.24) is 4.90 Å². The summed E-state index contributed by atoms with van der Waals surface area (Å²) in [5.41, 5.74) is -1.24. The third kappa shape index (κ3) is 4.13. The second kappa shape index (κ2) is 7.30. The van der Waals surface area contributed by atoms with Crippen molar-refractivity contribution in [2.45, 2.75) is 28.8 Å². The Labute approximate surface area is 143 Å². The number of methoxy groups -OCH3 is 1. The van der Waals surface area contributed by atoms with Gasteiger partial charge in [-0.2, -0.15) is 13.2 Å². The van der Waals surface area contributed by atoms with Crippen LogP contribution in [-0.4, -0.2) is 62.5 Å². The van der Waals surface area contributed by atoms with Crippen LogP contribution in [0, 0.1) is 0 Å². The van der Waals surface area contributed by atoms with Crippen LogP contribution >= 0.6 is 0 Å². The second-order valence-electron chi connectivity index (χ2n) is 5.74. The maximum Gasteiger partial charge on any atom is 0.417 e. The SMILES string of the molecule is COCCN1CC(S(=O)(=O)c2ccccc2C(F)(F)F)CC1C(=O)O. The number of hydrogen-bond donors (Lipinski definition) is 1. The highest BCUT2D eigenvalue weighted by Gasteiger charge is 2.46. The molecule has 0 spiro atoms. The molecule has 0 saturated carbocycles. The number of alkyl halides is 3. The summed E-state index contributed by atoms with van der Waals surface area (Å²) in [6.45, 7) is 0.213. The number of nitrogens with zero attached hydrogens (tertiary/aromatic N) is 1. The number of likely N-dealkylation sites (tertiary alicyclic amines) is 1. The van der Waals surface area contributed by atoms with E-state index in [0.29, 0.717) is 6.07 Å². The van der Waals surface area contributed by atoms with Crippen molar-refractivity contribution in [3.8, 4) is 0 Å². The molecule has 0 bridgehead atoms. The maximum absolute atomic E-state index is 13.1. The van der Waals surface area contributed by atoms with E-state index in [1.807, 2.05) is 0 Å². The molecule has 25 heavy (non-hydrogen) atoms. The number of ether oxygens (including phenoxy) is 1. The number of carboxylic acid groups (broad SMARTS) is 1. The predicted octanol–water partition coefficient (Wildman–Crippen LogP) is 1.65. The van der Waals surface area contributed by atoms with Gasteiger partial charge in [0.05, 0.1) is 22.3 Å². The summed E-state index contributed by atoms with van der Waals surface area (Å²) in [6.07, 6.45) is -5.09. The minimum atomic E-state index is -4.82. The summed E-state index contributed by atoms with van der Waals surface area (Å²) in [4.78, 5) is 11.9. The van der Waals surface area contributed by atoms with Gasteiger partial charge in [0.15, 0.2) is 9.84 Å². The average Bonchev–Trinajstić information content (AvgIpc) is 2.97. The summed E-state index contributed by atoms with van der Waals surface area (Å²) in [5.74, 6) is -1.21. The quantitative estimate of drug-likeness (QED) is 0.807. The second-order valence-corrected chi connectivity index (χ2v) is 7.93. The van der Waals surface area contributed by atoms with Crippen molar-refractivity contribution in [2.75, 3.05) is 26.8 Å².